The number of aliphatic hydroxyl groups excluding tert-OH is 2. The van der Waals surface area contributed by atoms with E-state index in [9.17, 15) is 19.8 Å². The van der Waals surface area contributed by atoms with Gasteiger partial charge in [0.1, 0.15) is 6.10 Å². The Bertz CT molecular complexity index is 1320. The summed E-state index contributed by atoms with van der Waals surface area (Å²) in [5.74, 6) is -0.598. The molecule has 0 bridgehead atoms. The van der Waals surface area contributed by atoms with Gasteiger partial charge in [-0.15, -0.1) is 0 Å². The second kappa shape index (κ2) is 53.7. The van der Waals surface area contributed by atoms with Crippen molar-refractivity contribution in [2.45, 2.75) is 270 Å². The fourth-order valence-electron chi connectivity index (χ4n) is 7.88. The maximum absolute atomic E-state index is 13.2. The molecule has 0 aliphatic rings. The highest BCUT2D eigenvalue weighted by Crippen LogP contribution is 2.16. The topological polar surface area (TPSA) is 95.9 Å². The van der Waals surface area contributed by atoms with Gasteiger partial charge in [-0.25, -0.2) is 0 Å². The predicted molar refractivity (Wildman–Crippen MR) is 291 cm³/mol. The normalized spacial score (nSPS) is 13.9. The molecular formula is C61H105NO5. The Morgan fingerprint density at radius 1 is 0.433 bits per heavy atom. The third-order valence-electron chi connectivity index (χ3n) is 12.1. The van der Waals surface area contributed by atoms with Crippen LogP contribution in [0.15, 0.2) is 97.2 Å². The summed E-state index contributed by atoms with van der Waals surface area (Å²) in [4.78, 5) is 26.2. The molecule has 0 saturated carbocycles. The number of nitrogens with one attached hydrogen (secondary N) is 1. The van der Waals surface area contributed by atoms with Crippen LogP contribution in [-0.4, -0.2) is 46.9 Å². The highest BCUT2D eigenvalue weighted by Gasteiger charge is 2.24. The zero-order chi connectivity index (χ0) is 48.8. The van der Waals surface area contributed by atoms with Crippen molar-refractivity contribution in [3.63, 3.8) is 0 Å². The first-order chi connectivity index (χ1) is 33.0. The van der Waals surface area contributed by atoms with Gasteiger partial charge in [-0.05, 0) is 103 Å². The van der Waals surface area contributed by atoms with Crippen molar-refractivity contribution in [2.75, 3.05) is 6.61 Å². The Morgan fingerprint density at radius 3 is 1.18 bits per heavy atom. The Kier molecular flexibility index (Phi) is 51.1. The van der Waals surface area contributed by atoms with E-state index < -0.39 is 18.2 Å². The SMILES string of the molecule is CCCCC/C=C\C/C=C\C/C=C\C/C=C\CCCC(=O)OC(CCC/C=C\C/C=C\C/C=C\C/C=C\CCCCC)CC(=O)NC(CO)C(O)CCCCCCCCCCCCCCCC. The fraction of sp³-hybridized carbons (Fsp3) is 0.705. The molecule has 0 aromatic carbocycles. The van der Waals surface area contributed by atoms with Crippen LogP contribution < -0.4 is 5.32 Å². The first-order valence-corrected chi connectivity index (χ1v) is 28.0. The van der Waals surface area contributed by atoms with Crippen LogP contribution in [-0.2, 0) is 14.3 Å². The number of carbonyl (C=O) groups excluding carboxylic acids is 2. The predicted octanol–water partition coefficient (Wildman–Crippen LogP) is 17.3. The lowest BCUT2D eigenvalue weighted by molar-refractivity contribution is -0.151. The Balaban J connectivity index is 4.78. The molecule has 0 heterocycles. The van der Waals surface area contributed by atoms with Gasteiger partial charge < -0.3 is 20.3 Å². The van der Waals surface area contributed by atoms with Gasteiger partial charge in [0, 0.05) is 6.42 Å². The number of hydrogen-bond donors (Lipinski definition) is 3. The van der Waals surface area contributed by atoms with Gasteiger partial charge in [0.05, 0.1) is 25.2 Å². The number of hydrogen-bond acceptors (Lipinski definition) is 5. The molecule has 0 spiro atoms. The number of unbranched alkanes of at least 4 members (excludes halogenated alkanes) is 21. The number of rotatable bonds is 49. The van der Waals surface area contributed by atoms with Gasteiger partial charge in [-0.3, -0.25) is 9.59 Å². The molecule has 6 heteroatoms. The third kappa shape index (κ3) is 49.0. The third-order valence-corrected chi connectivity index (χ3v) is 12.1. The molecule has 0 aromatic heterocycles. The zero-order valence-corrected chi connectivity index (χ0v) is 43.8. The van der Waals surface area contributed by atoms with Crippen LogP contribution in [0.1, 0.15) is 252 Å². The van der Waals surface area contributed by atoms with E-state index in [1.165, 1.54) is 122 Å². The Labute approximate surface area is 414 Å². The van der Waals surface area contributed by atoms with E-state index in [0.717, 1.165) is 77.0 Å². The monoisotopic (exact) mass is 932 g/mol. The minimum atomic E-state index is -0.817. The van der Waals surface area contributed by atoms with Crippen LogP contribution in [0.4, 0.5) is 0 Å². The van der Waals surface area contributed by atoms with E-state index in [2.05, 4.69) is 123 Å². The number of esters is 1. The number of amides is 1. The minimum absolute atomic E-state index is 0.0135. The summed E-state index contributed by atoms with van der Waals surface area (Å²) in [6.45, 7) is 6.40. The van der Waals surface area contributed by atoms with Crippen LogP contribution in [0.2, 0.25) is 0 Å². The molecule has 3 atom stereocenters. The molecule has 0 radical (unpaired) electrons. The van der Waals surface area contributed by atoms with E-state index in [-0.39, 0.29) is 24.9 Å². The first kappa shape index (κ1) is 63.8. The molecule has 0 fully saturated rings. The van der Waals surface area contributed by atoms with Crippen molar-refractivity contribution in [1.29, 1.82) is 0 Å². The molecule has 1 amide bonds. The van der Waals surface area contributed by atoms with Gasteiger partial charge in [-0.1, -0.05) is 234 Å². The number of carbonyl (C=O) groups is 2. The molecule has 0 rings (SSSR count). The highest BCUT2D eigenvalue weighted by atomic mass is 16.5. The van der Waals surface area contributed by atoms with Crippen molar-refractivity contribution >= 4 is 11.9 Å². The summed E-state index contributed by atoms with van der Waals surface area (Å²) in [5, 5.41) is 23.8. The maximum atomic E-state index is 13.2. The average Bonchev–Trinajstić information content (AvgIpc) is 3.32. The maximum Gasteiger partial charge on any atom is 0.306 e. The lowest BCUT2D eigenvalue weighted by atomic mass is 10.0. The molecule has 3 unspecified atom stereocenters. The molecule has 6 nitrogen and oxygen atoms in total. The van der Waals surface area contributed by atoms with Gasteiger partial charge >= 0.3 is 5.97 Å². The van der Waals surface area contributed by atoms with E-state index in [4.69, 9.17) is 4.74 Å². The van der Waals surface area contributed by atoms with Crippen LogP contribution in [0.3, 0.4) is 0 Å². The molecule has 384 valence electrons. The molecule has 0 aromatic rings. The molecule has 67 heavy (non-hydrogen) atoms. The zero-order valence-electron chi connectivity index (χ0n) is 43.8. The molecule has 0 aliphatic heterocycles. The average molecular weight is 933 g/mol. The van der Waals surface area contributed by atoms with Crippen LogP contribution in [0.5, 0.6) is 0 Å². The standard InChI is InChI=1S/C61H105NO5/c1-4-7-10-13-16-19-22-25-28-30-32-34-37-40-43-46-49-52-57(67-61(66)54-51-48-45-42-39-36-33-31-29-26-23-20-17-14-11-8-5-2)55-60(65)62-58(56-63)59(64)53-50-47-44-41-38-35-27-24-21-18-15-12-9-6-3/h16-17,19-20,25-26,28-29,32-34,36,40,42-43,45,57-59,63-64H,4-15,18,21-24,27,30-31,35,37-39,41,44,46-56H2,1-3H3,(H,62,65)/b19-16-,20-17-,28-25-,29-26-,34-32-,36-33-,43-40-,45-42-. The minimum Gasteiger partial charge on any atom is -0.462 e. The number of allylic oxidation sites excluding steroid dienone is 16. The Morgan fingerprint density at radius 2 is 0.776 bits per heavy atom. The summed E-state index contributed by atoms with van der Waals surface area (Å²) in [7, 11) is 0. The second-order valence-electron chi connectivity index (χ2n) is 18.6. The summed E-state index contributed by atoms with van der Waals surface area (Å²) in [6.07, 6.45) is 71.8. The smallest absolute Gasteiger partial charge is 0.306 e. The molecular weight excluding hydrogens is 827 g/mol. The quantitative estimate of drug-likeness (QED) is 0.0321. The van der Waals surface area contributed by atoms with Crippen molar-refractivity contribution in [3.8, 4) is 0 Å². The van der Waals surface area contributed by atoms with Crippen molar-refractivity contribution in [2.24, 2.45) is 0 Å². The van der Waals surface area contributed by atoms with E-state index in [0.29, 0.717) is 25.7 Å². The Hall–Kier alpha value is -3.22. The van der Waals surface area contributed by atoms with E-state index in [1.807, 2.05) is 0 Å². The van der Waals surface area contributed by atoms with Gasteiger partial charge in [0.15, 0.2) is 0 Å². The van der Waals surface area contributed by atoms with Gasteiger partial charge in [0.2, 0.25) is 5.91 Å². The molecule has 0 saturated heterocycles. The van der Waals surface area contributed by atoms with Crippen LogP contribution in [0.25, 0.3) is 0 Å². The first-order valence-electron chi connectivity index (χ1n) is 28.0. The second-order valence-corrected chi connectivity index (χ2v) is 18.6. The molecule has 3 N–H and O–H groups in total. The lowest BCUT2D eigenvalue weighted by Crippen LogP contribution is -2.46. The van der Waals surface area contributed by atoms with Crippen molar-refractivity contribution in [1.82, 2.24) is 5.32 Å². The van der Waals surface area contributed by atoms with Crippen LogP contribution >= 0.6 is 0 Å². The summed E-state index contributed by atoms with van der Waals surface area (Å²) in [6, 6.07) is -0.736. The summed E-state index contributed by atoms with van der Waals surface area (Å²) < 4.78 is 5.89. The van der Waals surface area contributed by atoms with Gasteiger partial charge in [-0.2, -0.15) is 0 Å². The van der Waals surface area contributed by atoms with E-state index >= 15 is 0 Å². The number of aliphatic hydroxyl groups is 2. The van der Waals surface area contributed by atoms with Crippen molar-refractivity contribution in [3.05, 3.63) is 97.2 Å². The van der Waals surface area contributed by atoms with Gasteiger partial charge in [0.25, 0.3) is 0 Å². The highest BCUT2D eigenvalue weighted by molar-refractivity contribution is 5.77. The summed E-state index contributed by atoms with van der Waals surface area (Å²) in [5.41, 5.74) is 0. The molecule has 0 aliphatic carbocycles. The summed E-state index contributed by atoms with van der Waals surface area (Å²) >= 11 is 0. The fourth-order valence-corrected chi connectivity index (χ4v) is 7.88. The van der Waals surface area contributed by atoms with Crippen LogP contribution in [0, 0.1) is 0 Å². The number of ether oxygens (including phenoxy) is 1. The van der Waals surface area contributed by atoms with Crippen molar-refractivity contribution < 1.29 is 24.5 Å². The largest absolute Gasteiger partial charge is 0.462 e. The van der Waals surface area contributed by atoms with E-state index in [1.54, 1.807) is 0 Å². The lowest BCUT2D eigenvalue weighted by Gasteiger charge is -2.24.